The van der Waals surface area contributed by atoms with Gasteiger partial charge < -0.3 is 10.5 Å². The van der Waals surface area contributed by atoms with E-state index in [0.717, 1.165) is 11.3 Å². The second-order valence-electron chi connectivity index (χ2n) is 4.88. The molecule has 2 aromatic rings. The van der Waals surface area contributed by atoms with Gasteiger partial charge in [-0.2, -0.15) is 0 Å². The number of benzene rings is 1. The molecule has 6 nitrogen and oxygen atoms in total. The molecule has 1 amide bonds. The van der Waals surface area contributed by atoms with E-state index in [1.807, 2.05) is 0 Å². The van der Waals surface area contributed by atoms with Gasteiger partial charge >= 0.3 is 0 Å². The Balaban J connectivity index is 2.05. The fourth-order valence-corrected chi connectivity index (χ4v) is 5.26. The van der Waals surface area contributed by atoms with Crippen molar-refractivity contribution in [2.75, 3.05) is 6.61 Å². The summed E-state index contributed by atoms with van der Waals surface area (Å²) in [4.78, 5) is 11.2. The Morgan fingerprint density at radius 3 is 2.62 bits per heavy atom. The molecular weight excluding hydrogens is 395 g/mol. The molecule has 1 heterocycles. The molecule has 1 atom stereocenters. The Kier molecular flexibility index (Phi) is 6.11. The molecule has 0 spiro atoms. The molecule has 0 radical (unpaired) electrons. The highest BCUT2D eigenvalue weighted by Gasteiger charge is 2.23. The lowest BCUT2D eigenvalue weighted by atomic mass is 10.2. The molecular formula is C14H14Cl2N2O4S2. The first kappa shape index (κ1) is 19.0. The number of carbonyl (C=O) groups is 1. The number of hydrogen-bond donors (Lipinski definition) is 2. The Morgan fingerprint density at radius 1 is 1.38 bits per heavy atom. The lowest BCUT2D eigenvalue weighted by molar-refractivity contribution is 0.0996. The van der Waals surface area contributed by atoms with Crippen molar-refractivity contribution in [1.29, 1.82) is 0 Å². The fourth-order valence-electron chi connectivity index (χ4n) is 1.88. The first-order chi connectivity index (χ1) is 11.2. The first-order valence-electron chi connectivity index (χ1n) is 6.69. The monoisotopic (exact) mass is 408 g/mol. The highest BCUT2D eigenvalue weighted by molar-refractivity contribution is 7.89. The fraction of sp³-hybridized carbons (Fsp3) is 0.214. The van der Waals surface area contributed by atoms with E-state index < -0.39 is 22.0 Å². The molecule has 0 aliphatic carbocycles. The van der Waals surface area contributed by atoms with Gasteiger partial charge in [0.25, 0.3) is 5.91 Å². The molecule has 0 saturated carbocycles. The summed E-state index contributed by atoms with van der Waals surface area (Å²) in [6, 6.07) is 7.15. The minimum atomic E-state index is -3.83. The zero-order valence-corrected chi connectivity index (χ0v) is 15.6. The van der Waals surface area contributed by atoms with Gasteiger partial charge in [-0.25, -0.2) is 13.1 Å². The standard InChI is InChI=1S/C14H14Cl2N2O4S2/c1-8(7-22-10-5-3-2-4-9(10)14(17)19)18-24(20,21)11-6-12(15)23-13(11)16/h2-6,8,18H,7H2,1H3,(H2,17,19)/t8-/m0/s1. The Hall–Kier alpha value is -1.32. The van der Waals surface area contributed by atoms with Crippen LogP contribution in [-0.2, 0) is 10.0 Å². The van der Waals surface area contributed by atoms with Crippen molar-refractivity contribution in [3.63, 3.8) is 0 Å². The van der Waals surface area contributed by atoms with Crippen LogP contribution in [0.5, 0.6) is 5.75 Å². The molecule has 0 fully saturated rings. The number of ether oxygens (including phenoxy) is 1. The highest BCUT2D eigenvalue weighted by Crippen LogP contribution is 2.34. The predicted octanol–water partition coefficient (Wildman–Crippen LogP) is 2.90. The minimum Gasteiger partial charge on any atom is -0.491 e. The third-order valence-electron chi connectivity index (χ3n) is 2.91. The molecule has 1 aromatic carbocycles. The van der Waals surface area contributed by atoms with Crippen LogP contribution in [-0.4, -0.2) is 27.0 Å². The lowest BCUT2D eigenvalue weighted by Crippen LogP contribution is -2.36. The van der Waals surface area contributed by atoms with Crippen molar-refractivity contribution in [2.45, 2.75) is 17.9 Å². The minimum absolute atomic E-state index is 0.000980. The first-order valence-corrected chi connectivity index (χ1v) is 9.75. The Morgan fingerprint density at radius 2 is 2.04 bits per heavy atom. The van der Waals surface area contributed by atoms with Gasteiger partial charge in [-0.3, -0.25) is 4.79 Å². The number of para-hydroxylation sites is 1. The third kappa shape index (κ3) is 4.61. The quantitative estimate of drug-likeness (QED) is 0.735. The second kappa shape index (κ2) is 7.71. The van der Waals surface area contributed by atoms with Crippen molar-refractivity contribution in [3.05, 3.63) is 44.6 Å². The molecule has 10 heteroatoms. The van der Waals surface area contributed by atoms with Crippen molar-refractivity contribution in [1.82, 2.24) is 4.72 Å². The maximum absolute atomic E-state index is 12.3. The zero-order chi connectivity index (χ0) is 17.9. The van der Waals surface area contributed by atoms with Crippen LogP contribution in [0.1, 0.15) is 17.3 Å². The van der Waals surface area contributed by atoms with Crippen molar-refractivity contribution in [2.24, 2.45) is 5.73 Å². The van der Waals surface area contributed by atoms with Crippen molar-refractivity contribution >= 4 is 50.5 Å². The molecule has 1 aromatic heterocycles. The summed E-state index contributed by atoms with van der Waals surface area (Å²) in [7, 11) is -3.83. The number of amides is 1. The van der Waals surface area contributed by atoms with Gasteiger partial charge in [0, 0.05) is 0 Å². The number of primary amides is 1. The van der Waals surface area contributed by atoms with Gasteiger partial charge in [-0.05, 0) is 25.1 Å². The van der Waals surface area contributed by atoms with Gasteiger partial charge in [0.2, 0.25) is 10.0 Å². The van der Waals surface area contributed by atoms with Crippen LogP contribution < -0.4 is 15.2 Å². The maximum Gasteiger partial charge on any atom is 0.252 e. The van der Waals surface area contributed by atoms with Gasteiger partial charge in [-0.15, -0.1) is 11.3 Å². The average Bonchev–Trinajstić information content (AvgIpc) is 2.84. The number of sulfonamides is 1. The molecule has 24 heavy (non-hydrogen) atoms. The Labute approximate surface area is 153 Å². The maximum atomic E-state index is 12.3. The van der Waals surface area contributed by atoms with E-state index in [9.17, 15) is 13.2 Å². The normalized spacial score (nSPS) is 12.8. The van der Waals surface area contributed by atoms with Crippen LogP contribution in [0.3, 0.4) is 0 Å². The molecule has 0 bridgehead atoms. The summed E-state index contributed by atoms with van der Waals surface area (Å²) in [6.45, 7) is 1.62. The number of thiophene rings is 1. The van der Waals surface area contributed by atoms with E-state index in [1.165, 1.54) is 12.1 Å². The van der Waals surface area contributed by atoms with E-state index in [0.29, 0.717) is 0 Å². The van der Waals surface area contributed by atoms with Gasteiger partial charge in [0.1, 0.15) is 21.6 Å². The van der Waals surface area contributed by atoms with E-state index in [-0.39, 0.29) is 31.5 Å². The van der Waals surface area contributed by atoms with Crippen LogP contribution >= 0.6 is 34.5 Å². The largest absolute Gasteiger partial charge is 0.491 e. The number of nitrogens with two attached hydrogens (primary N) is 1. The summed E-state index contributed by atoms with van der Waals surface area (Å²) < 4.78 is 32.9. The van der Waals surface area contributed by atoms with E-state index in [4.69, 9.17) is 33.7 Å². The van der Waals surface area contributed by atoms with Crippen molar-refractivity contribution < 1.29 is 17.9 Å². The molecule has 130 valence electrons. The number of rotatable bonds is 7. The van der Waals surface area contributed by atoms with E-state index >= 15 is 0 Å². The van der Waals surface area contributed by atoms with Crippen LogP contribution in [0, 0.1) is 0 Å². The number of hydrogen-bond acceptors (Lipinski definition) is 5. The third-order valence-corrected chi connectivity index (χ3v) is 6.26. The molecule has 0 saturated heterocycles. The summed E-state index contributed by atoms with van der Waals surface area (Å²) in [5, 5.41) is 0. The number of carbonyl (C=O) groups excluding carboxylic acids is 1. The summed E-state index contributed by atoms with van der Waals surface area (Å²) in [6.07, 6.45) is 0. The Bertz CT molecular complexity index is 852. The lowest BCUT2D eigenvalue weighted by Gasteiger charge is -2.16. The zero-order valence-electron chi connectivity index (χ0n) is 12.5. The summed E-state index contributed by atoms with van der Waals surface area (Å²) >= 11 is 12.6. The van der Waals surface area contributed by atoms with Gasteiger partial charge in [0.15, 0.2) is 0 Å². The second-order valence-corrected chi connectivity index (χ2v) is 8.85. The molecule has 3 N–H and O–H groups in total. The molecule has 2 rings (SSSR count). The number of nitrogens with one attached hydrogen (secondary N) is 1. The number of halogens is 2. The van der Waals surface area contributed by atoms with E-state index in [2.05, 4.69) is 4.72 Å². The van der Waals surface area contributed by atoms with Crippen LogP contribution in [0.4, 0.5) is 0 Å². The van der Waals surface area contributed by atoms with Crippen LogP contribution in [0.2, 0.25) is 8.67 Å². The van der Waals surface area contributed by atoms with Gasteiger partial charge in [0.05, 0.1) is 15.9 Å². The van der Waals surface area contributed by atoms with Crippen LogP contribution in [0.15, 0.2) is 35.2 Å². The molecule has 0 unspecified atom stereocenters. The van der Waals surface area contributed by atoms with Crippen molar-refractivity contribution in [3.8, 4) is 5.75 Å². The smallest absolute Gasteiger partial charge is 0.252 e. The SMILES string of the molecule is C[C@@H](COc1ccccc1C(N)=O)NS(=O)(=O)c1cc(Cl)sc1Cl. The summed E-state index contributed by atoms with van der Waals surface area (Å²) in [5.74, 6) is -0.341. The topological polar surface area (TPSA) is 98.5 Å². The van der Waals surface area contributed by atoms with Crippen LogP contribution in [0.25, 0.3) is 0 Å². The average molecular weight is 409 g/mol. The predicted molar refractivity (Wildman–Crippen MR) is 94.6 cm³/mol. The van der Waals surface area contributed by atoms with Gasteiger partial charge in [-0.1, -0.05) is 35.3 Å². The molecule has 0 aliphatic heterocycles. The molecule has 0 aliphatic rings. The van der Waals surface area contributed by atoms with E-state index in [1.54, 1.807) is 25.1 Å². The summed E-state index contributed by atoms with van der Waals surface area (Å²) in [5.41, 5.74) is 5.48. The highest BCUT2D eigenvalue weighted by atomic mass is 35.5.